The molecule has 1 rings (SSSR count). The highest BCUT2D eigenvalue weighted by molar-refractivity contribution is 7.16. The first-order chi connectivity index (χ1) is 8.59. The van der Waals surface area contributed by atoms with Crippen molar-refractivity contribution >= 4 is 22.9 Å². The van der Waals surface area contributed by atoms with E-state index in [-0.39, 0.29) is 0 Å². The number of rotatable bonds is 9. The molecule has 0 unspecified atom stereocenters. The summed E-state index contributed by atoms with van der Waals surface area (Å²) >= 11 is 7.80. The summed E-state index contributed by atoms with van der Waals surface area (Å²) in [6.07, 6.45) is 6.45. The van der Waals surface area contributed by atoms with Crippen LogP contribution in [0.5, 0.6) is 0 Å². The van der Waals surface area contributed by atoms with Gasteiger partial charge in [0.05, 0.1) is 4.34 Å². The Hall–Kier alpha value is -0.0500. The Morgan fingerprint density at radius 3 is 2.56 bits per heavy atom. The van der Waals surface area contributed by atoms with Crippen LogP contribution in [0.25, 0.3) is 0 Å². The lowest BCUT2D eigenvalue weighted by atomic mass is 10.1. The number of nitrogens with one attached hydrogen (secondary N) is 1. The predicted molar refractivity (Wildman–Crippen MR) is 83.9 cm³/mol. The molecule has 0 aliphatic rings. The first kappa shape index (κ1) is 16.0. The summed E-state index contributed by atoms with van der Waals surface area (Å²) in [7, 11) is 0. The molecular formula is C15H26ClNS. The largest absolute Gasteiger partial charge is 0.316 e. The third-order valence-corrected chi connectivity index (χ3v) is 4.60. The summed E-state index contributed by atoms with van der Waals surface area (Å²) in [6.45, 7) is 8.90. The molecule has 0 aromatic carbocycles. The molecule has 1 aromatic rings. The summed E-state index contributed by atoms with van der Waals surface area (Å²) in [6, 6.07) is 2.23. The Morgan fingerprint density at radius 1 is 1.22 bits per heavy atom. The second kappa shape index (κ2) is 8.95. The zero-order valence-electron chi connectivity index (χ0n) is 11.9. The normalized spacial score (nSPS) is 11.4. The van der Waals surface area contributed by atoms with Crippen LogP contribution in [0.1, 0.15) is 50.0 Å². The molecule has 0 saturated heterocycles. The molecule has 104 valence electrons. The third kappa shape index (κ3) is 6.77. The Kier molecular flexibility index (Phi) is 7.96. The van der Waals surface area contributed by atoms with E-state index in [2.05, 4.69) is 32.2 Å². The van der Waals surface area contributed by atoms with E-state index in [9.17, 15) is 0 Å². The van der Waals surface area contributed by atoms with Gasteiger partial charge in [-0.25, -0.2) is 0 Å². The first-order valence-electron chi connectivity index (χ1n) is 7.05. The Labute approximate surface area is 121 Å². The fourth-order valence-corrected chi connectivity index (χ4v) is 3.22. The minimum Gasteiger partial charge on any atom is -0.316 e. The zero-order chi connectivity index (χ0) is 13.4. The third-order valence-electron chi connectivity index (χ3n) is 2.99. The second-order valence-corrected chi connectivity index (χ2v) is 7.17. The second-order valence-electron chi connectivity index (χ2n) is 5.43. The van der Waals surface area contributed by atoms with Gasteiger partial charge < -0.3 is 5.32 Å². The van der Waals surface area contributed by atoms with Gasteiger partial charge in [-0.05, 0) is 56.8 Å². The van der Waals surface area contributed by atoms with Crippen LogP contribution in [0, 0.1) is 12.8 Å². The van der Waals surface area contributed by atoms with Crippen molar-refractivity contribution in [2.75, 3.05) is 13.1 Å². The van der Waals surface area contributed by atoms with Gasteiger partial charge in [-0.2, -0.15) is 0 Å². The van der Waals surface area contributed by atoms with Crippen LogP contribution < -0.4 is 5.32 Å². The van der Waals surface area contributed by atoms with Crippen molar-refractivity contribution in [3.05, 3.63) is 20.8 Å². The summed E-state index contributed by atoms with van der Waals surface area (Å²) < 4.78 is 0.961. The maximum absolute atomic E-state index is 6.06. The molecule has 0 atom stereocenters. The molecular weight excluding hydrogens is 262 g/mol. The molecule has 0 fully saturated rings. The van der Waals surface area contributed by atoms with Gasteiger partial charge >= 0.3 is 0 Å². The number of unbranched alkanes of at least 4 members (excludes halogenated alkanes) is 3. The number of aryl methyl sites for hydroxylation is 2. The van der Waals surface area contributed by atoms with Crippen LogP contribution in [0.15, 0.2) is 6.07 Å². The van der Waals surface area contributed by atoms with E-state index >= 15 is 0 Å². The fraction of sp³-hybridized carbons (Fsp3) is 0.733. The number of halogens is 1. The first-order valence-corrected chi connectivity index (χ1v) is 8.24. The maximum atomic E-state index is 6.06. The van der Waals surface area contributed by atoms with Gasteiger partial charge in [0.2, 0.25) is 0 Å². The van der Waals surface area contributed by atoms with Gasteiger partial charge in [0, 0.05) is 4.88 Å². The van der Waals surface area contributed by atoms with Crippen molar-refractivity contribution in [2.45, 2.75) is 52.9 Å². The lowest BCUT2D eigenvalue weighted by molar-refractivity contribution is 0.526. The zero-order valence-corrected chi connectivity index (χ0v) is 13.5. The van der Waals surface area contributed by atoms with E-state index in [4.69, 9.17) is 11.6 Å². The Morgan fingerprint density at radius 2 is 1.94 bits per heavy atom. The highest BCUT2D eigenvalue weighted by Crippen LogP contribution is 2.27. The smallest absolute Gasteiger partial charge is 0.0960 e. The van der Waals surface area contributed by atoms with Crippen LogP contribution in [0.3, 0.4) is 0 Å². The van der Waals surface area contributed by atoms with Crippen LogP contribution in [-0.2, 0) is 6.42 Å². The van der Waals surface area contributed by atoms with Crippen molar-refractivity contribution in [3.8, 4) is 0 Å². The quantitative estimate of drug-likeness (QED) is 0.626. The summed E-state index contributed by atoms with van der Waals surface area (Å²) in [4.78, 5) is 1.44. The van der Waals surface area contributed by atoms with E-state index in [0.717, 1.165) is 16.8 Å². The minimum atomic E-state index is 0.761. The van der Waals surface area contributed by atoms with Crippen molar-refractivity contribution < 1.29 is 0 Å². The molecule has 1 aromatic heterocycles. The SMILES string of the molecule is Cc1cc(CCCCCCNCC(C)C)sc1Cl. The maximum Gasteiger partial charge on any atom is 0.0960 e. The molecule has 0 aliphatic carbocycles. The minimum absolute atomic E-state index is 0.761. The highest BCUT2D eigenvalue weighted by Gasteiger charge is 2.02. The van der Waals surface area contributed by atoms with E-state index in [1.54, 1.807) is 11.3 Å². The van der Waals surface area contributed by atoms with E-state index in [0.29, 0.717) is 0 Å². The van der Waals surface area contributed by atoms with Crippen LogP contribution in [-0.4, -0.2) is 13.1 Å². The Bertz CT molecular complexity index is 314. The standard InChI is InChI=1S/C15H26ClNS/c1-12(2)11-17-9-7-5-4-6-8-14-10-13(3)15(16)18-14/h10,12,17H,4-9,11H2,1-3H3. The van der Waals surface area contributed by atoms with Gasteiger partial charge in [-0.1, -0.05) is 38.3 Å². The highest BCUT2D eigenvalue weighted by atomic mass is 35.5. The van der Waals surface area contributed by atoms with Gasteiger partial charge in [0.15, 0.2) is 0 Å². The summed E-state index contributed by atoms with van der Waals surface area (Å²) in [5, 5.41) is 3.49. The number of hydrogen-bond acceptors (Lipinski definition) is 2. The van der Waals surface area contributed by atoms with Crippen LogP contribution in [0.2, 0.25) is 4.34 Å². The molecule has 1 N–H and O–H groups in total. The average Bonchev–Trinajstić information content (AvgIpc) is 2.62. The molecule has 1 nitrogen and oxygen atoms in total. The summed E-state index contributed by atoms with van der Waals surface area (Å²) in [5.74, 6) is 0.761. The van der Waals surface area contributed by atoms with Gasteiger partial charge in [0.25, 0.3) is 0 Å². The van der Waals surface area contributed by atoms with Crippen molar-refractivity contribution in [1.29, 1.82) is 0 Å². The fourth-order valence-electron chi connectivity index (χ4n) is 1.94. The van der Waals surface area contributed by atoms with Crippen LogP contribution in [0.4, 0.5) is 0 Å². The molecule has 0 radical (unpaired) electrons. The van der Waals surface area contributed by atoms with Crippen molar-refractivity contribution in [1.82, 2.24) is 5.32 Å². The topological polar surface area (TPSA) is 12.0 Å². The lowest BCUT2D eigenvalue weighted by Gasteiger charge is -2.06. The molecule has 0 spiro atoms. The van der Waals surface area contributed by atoms with E-state index in [1.807, 2.05) is 0 Å². The molecule has 0 bridgehead atoms. The Balaban J connectivity index is 1.96. The molecule has 0 aliphatic heterocycles. The van der Waals surface area contributed by atoms with E-state index in [1.165, 1.54) is 49.1 Å². The van der Waals surface area contributed by atoms with Gasteiger partial charge in [-0.3, -0.25) is 0 Å². The van der Waals surface area contributed by atoms with Crippen LogP contribution >= 0.6 is 22.9 Å². The average molecular weight is 288 g/mol. The van der Waals surface area contributed by atoms with Gasteiger partial charge in [0.1, 0.15) is 0 Å². The predicted octanol–water partition coefficient (Wildman–Crippen LogP) is 5.06. The molecule has 0 saturated carbocycles. The molecule has 18 heavy (non-hydrogen) atoms. The number of thiophene rings is 1. The van der Waals surface area contributed by atoms with E-state index < -0.39 is 0 Å². The molecule has 3 heteroatoms. The van der Waals surface area contributed by atoms with Crippen molar-refractivity contribution in [3.63, 3.8) is 0 Å². The van der Waals surface area contributed by atoms with Gasteiger partial charge in [-0.15, -0.1) is 11.3 Å². The monoisotopic (exact) mass is 287 g/mol. The summed E-state index contributed by atoms with van der Waals surface area (Å²) in [5.41, 5.74) is 1.23. The van der Waals surface area contributed by atoms with Crippen molar-refractivity contribution in [2.24, 2.45) is 5.92 Å². The molecule has 1 heterocycles. The molecule has 0 amide bonds. The lowest BCUT2D eigenvalue weighted by Crippen LogP contribution is -2.20. The number of hydrogen-bond donors (Lipinski definition) is 1.